The highest BCUT2D eigenvalue weighted by Crippen LogP contribution is 2.27. The van der Waals surface area contributed by atoms with E-state index in [4.69, 9.17) is 0 Å². The lowest BCUT2D eigenvalue weighted by molar-refractivity contribution is 0.103. The fourth-order valence-corrected chi connectivity index (χ4v) is 2.88. The van der Waals surface area contributed by atoms with Crippen molar-refractivity contribution in [3.63, 3.8) is 0 Å². The van der Waals surface area contributed by atoms with Crippen molar-refractivity contribution in [1.82, 2.24) is 5.32 Å². The molecule has 2 fully saturated rings. The number of aliphatic hydroxyl groups is 1. The fourth-order valence-electron chi connectivity index (χ4n) is 2.88. The van der Waals surface area contributed by atoms with E-state index >= 15 is 0 Å². The van der Waals surface area contributed by atoms with Crippen LogP contribution in [-0.4, -0.2) is 30.3 Å². The Morgan fingerprint density at radius 2 is 2.19 bits per heavy atom. The number of nitrogens with one attached hydrogen (secondary N) is 1. The van der Waals surface area contributed by atoms with Gasteiger partial charge in [-0.25, -0.2) is 0 Å². The van der Waals surface area contributed by atoms with Crippen LogP contribution < -0.4 is 10.2 Å². The summed E-state index contributed by atoms with van der Waals surface area (Å²) in [6.45, 7) is 4.45. The molecule has 1 aliphatic heterocycles. The van der Waals surface area contributed by atoms with E-state index in [9.17, 15) is 10.4 Å². The van der Waals surface area contributed by atoms with E-state index in [0.29, 0.717) is 24.1 Å². The van der Waals surface area contributed by atoms with E-state index in [-0.39, 0.29) is 6.10 Å². The third kappa shape index (κ3) is 3.37. The monoisotopic (exact) mass is 285 g/mol. The lowest BCUT2D eigenvalue weighted by Gasteiger charge is -2.36. The van der Waals surface area contributed by atoms with Gasteiger partial charge in [-0.3, -0.25) is 0 Å². The molecule has 3 rings (SSSR count). The van der Waals surface area contributed by atoms with Crippen LogP contribution in [0.15, 0.2) is 18.2 Å². The predicted octanol–water partition coefficient (Wildman–Crippen LogP) is 2.02. The summed E-state index contributed by atoms with van der Waals surface area (Å²) in [5.41, 5.74) is 2.83. The first kappa shape index (κ1) is 14.4. The maximum absolute atomic E-state index is 10.0. The molecule has 2 N–H and O–H groups in total. The Morgan fingerprint density at radius 3 is 2.86 bits per heavy atom. The van der Waals surface area contributed by atoms with Crippen molar-refractivity contribution in [2.75, 3.05) is 18.0 Å². The van der Waals surface area contributed by atoms with Gasteiger partial charge in [-0.1, -0.05) is 13.0 Å². The van der Waals surface area contributed by atoms with Crippen LogP contribution >= 0.6 is 0 Å². The average molecular weight is 285 g/mol. The summed E-state index contributed by atoms with van der Waals surface area (Å²) in [4.78, 5) is 2.14. The largest absolute Gasteiger partial charge is 0.391 e. The number of hydrogen-bond donors (Lipinski definition) is 2. The van der Waals surface area contributed by atoms with Gasteiger partial charge in [0.15, 0.2) is 0 Å². The summed E-state index contributed by atoms with van der Waals surface area (Å²) in [5, 5.41) is 22.9. The maximum Gasteiger partial charge on any atom is 0.101 e. The van der Waals surface area contributed by atoms with Crippen molar-refractivity contribution < 1.29 is 5.11 Å². The van der Waals surface area contributed by atoms with Crippen molar-refractivity contribution in [3.8, 4) is 6.07 Å². The Balaban J connectivity index is 1.73. The molecule has 1 saturated carbocycles. The molecule has 1 aromatic rings. The third-order valence-corrected chi connectivity index (χ3v) is 4.61. The van der Waals surface area contributed by atoms with Gasteiger partial charge in [-0.05, 0) is 42.9 Å². The van der Waals surface area contributed by atoms with Crippen LogP contribution in [0.2, 0.25) is 0 Å². The average Bonchev–Trinajstić information content (AvgIpc) is 3.32. The van der Waals surface area contributed by atoms with E-state index < -0.39 is 0 Å². The molecule has 2 unspecified atom stereocenters. The molecule has 0 spiro atoms. The molecule has 1 saturated heterocycles. The van der Waals surface area contributed by atoms with Crippen molar-refractivity contribution >= 4 is 5.69 Å². The van der Waals surface area contributed by atoms with Crippen LogP contribution in [0.5, 0.6) is 0 Å². The number of piperidine rings is 1. The van der Waals surface area contributed by atoms with Gasteiger partial charge in [0.2, 0.25) is 0 Å². The number of hydrogen-bond acceptors (Lipinski definition) is 4. The quantitative estimate of drug-likeness (QED) is 0.888. The molecule has 4 heteroatoms. The second kappa shape index (κ2) is 6.05. The molecule has 0 radical (unpaired) electrons. The Hall–Kier alpha value is -1.57. The Morgan fingerprint density at radius 1 is 1.38 bits per heavy atom. The molecular weight excluding hydrogens is 262 g/mol. The van der Waals surface area contributed by atoms with Gasteiger partial charge in [0.25, 0.3) is 0 Å². The van der Waals surface area contributed by atoms with Gasteiger partial charge >= 0.3 is 0 Å². The lowest BCUT2D eigenvalue weighted by Crippen LogP contribution is -2.43. The van der Waals surface area contributed by atoms with E-state index in [1.807, 2.05) is 12.1 Å². The molecule has 0 aromatic heterocycles. The molecule has 0 amide bonds. The summed E-state index contributed by atoms with van der Waals surface area (Å²) in [5.74, 6) is 0.341. The molecule has 2 atom stereocenters. The molecule has 4 nitrogen and oxygen atoms in total. The number of benzene rings is 1. The lowest BCUT2D eigenvalue weighted by atomic mass is 9.95. The number of nitrogens with zero attached hydrogens (tertiary/aromatic N) is 2. The van der Waals surface area contributed by atoms with Crippen LogP contribution in [0.1, 0.15) is 37.3 Å². The van der Waals surface area contributed by atoms with Gasteiger partial charge in [0.05, 0.1) is 17.4 Å². The van der Waals surface area contributed by atoms with Crippen LogP contribution in [0, 0.1) is 17.2 Å². The first-order valence-electron chi connectivity index (χ1n) is 7.87. The highest BCUT2D eigenvalue weighted by atomic mass is 16.3. The van der Waals surface area contributed by atoms with Gasteiger partial charge in [0, 0.05) is 25.7 Å². The minimum Gasteiger partial charge on any atom is -0.391 e. The van der Waals surface area contributed by atoms with Gasteiger partial charge < -0.3 is 15.3 Å². The van der Waals surface area contributed by atoms with Crippen LogP contribution in [0.3, 0.4) is 0 Å². The molecule has 21 heavy (non-hydrogen) atoms. The highest BCUT2D eigenvalue weighted by Gasteiger charge is 2.26. The molecular formula is C17H23N3O. The normalized spacial score (nSPS) is 25.7. The SMILES string of the molecule is CC1CCN(c2ccc(CNC3CC3)cc2C#N)CC1O. The van der Waals surface area contributed by atoms with Crippen molar-refractivity contribution in [1.29, 1.82) is 5.26 Å². The molecule has 112 valence electrons. The molecule has 2 aliphatic rings. The minimum atomic E-state index is -0.304. The van der Waals surface area contributed by atoms with E-state index in [2.05, 4.69) is 29.3 Å². The van der Waals surface area contributed by atoms with Crippen molar-refractivity contribution in [2.24, 2.45) is 5.92 Å². The fraction of sp³-hybridized carbons (Fsp3) is 0.588. The zero-order valence-electron chi connectivity index (χ0n) is 12.5. The second-order valence-electron chi connectivity index (χ2n) is 6.40. The van der Waals surface area contributed by atoms with Crippen LogP contribution in [0.4, 0.5) is 5.69 Å². The summed E-state index contributed by atoms with van der Waals surface area (Å²) in [7, 11) is 0. The Kier molecular flexibility index (Phi) is 4.14. The molecule has 1 heterocycles. The second-order valence-corrected chi connectivity index (χ2v) is 6.40. The summed E-state index contributed by atoms with van der Waals surface area (Å²) in [6, 6.07) is 9.09. The number of nitriles is 1. The number of aliphatic hydroxyl groups excluding tert-OH is 1. The third-order valence-electron chi connectivity index (χ3n) is 4.61. The van der Waals surface area contributed by atoms with E-state index in [1.54, 1.807) is 0 Å². The van der Waals surface area contributed by atoms with Crippen LogP contribution in [0.25, 0.3) is 0 Å². The zero-order chi connectivity index (χ0) is 14.8. The maximum atomic E-state index is 10.0. The first-order valence-corrected chi connectivity index (χ1v) is 7.87. The summed E-state index contributed by atoms with van der Waals surface area (Å²) >= 11 is 0. The molecule has 1 aliphatic carbocycles. The van der Waals surface area contributed by atoms with Crippen molar-refractivity contribution in [2.45, 2.75) is 44.9 Å². The number of β-amino-alcohol motifs (C(OH)–C–C–N with tert-alkyl or cyclic N) is 1. The number of rotatable bonds is 4. The minimum absolute atomic E-state index is 0.304. The van der Waals surface area contributed by atoms with Crippen molar-refractivity contribution in [3.05, 3.63) is 29.3 Å². The Labute approximate surface area is 126 Å². The molecule has 0 bridgehead atoms. The first-order chi connectivity index (χ1) is 10.2. The summed E-state index contributed by atoms with van der Waals surface area (Å²) in [6.07, 6.45) is 3.21. The predicted molar refractivity (Wildman–Crippen MR) is 83.0 cm³/mol. The molecule has 1 aromatic carbocycles. The number of anilines is 1. The standard InChI is InChI=1S/C17H23N3O/c1-12-6-7-20(11-17(12)21)16-5-2-13(8-14(16)9-18)10-19-15-3-4-15/h2,5,8,12,15,17,19,21H,3-4,6-7,10-11H2,1H3. The topological polar surface area (TPSA) is 59.3 Å². The van der Waals surface area contributed by atoms with E-state index in [0.717, 1.165) is 30.8 Å². The smallest absolute Gasteiger partial charge is 0.101 e. The van der Waals surface area contributed by atoms with E-state index in [1.165, 1.54) is 12.8 Å². The summed E-state index contributed by atoms with van der Waals surface area (Å²) < 4.78 is 0. The van der Waals surface area contributed by atoms with Crippen LogP contribution in [-0.2, 0) is 6.54 Å². The highest BCUT2D eigenvalue weighted by molar-refractivity contribution is 5.60. The Bertz CT molecular complexity index is 547. The van der Waals surface area contributed by atoms with Gasteiger partial charge in [-0.15, -0.1) is 0 Å². The van der Waals surface area contributed by atoms with Gasteiger partial charge in [0.1, 0.15) is 6.07 Å². The van der Waals surface area contributed by atoms with Gasteiger partial charge in [-0.2, -0.15) is 5.26 Å². The zero-order valence-corrected chi connectivity index (χ0v) is 12.5.